The van der Waals surface area contributed by atoms with E-state index in [9.17, 15) is 0 Å². The highest BCUT2D eigenvalue weighted by Gasteiger charge is 2.06. The van der Waals surface area contributed by atoms with Crippen LogP contribution in [0.15, 0.2) is 53.7 Å². The Morgan fingerprint density at radius 2 is 1.94 bits per heavy atom. The van der Waals surface area contributed by atoms with E-state index in [2.05, 4.69) is 29.3 Å². The van der Waals surface area contributed by atoms with Crippen LogP contribution >= 0.6 is 0 Å². The zero-order chi connectivity index (χ0) is 11.7. The van der Waals surface area contributed by atoms with Gasteiger partial charge >= 0.3 is 0 Å². The molecule has 0 saturated carbocycles. The van der Waals surface area contributed by atoms with Crippen molar-refractivity contribution in [2.45, 2.75) is 6.92 Å². The van der Waals surface area contributed by atoms with E-state index in [4.69, 9.17) is 4.42 Å². The maximum Gasteiger partial charge on any atom is 0.134 e. The summed E-state index contributed by atoms with van der Waals surface area (Å²) in [4.78, 5) is 0. The predicted molar refractivity (Wildman–Crippen MR) is 63.8 cm³/mol. The number of nitrogens with zero attached hydrogens (tertiary/aromatic N) is 3. The first-order valence-corrected chi connectivity index (χ1v) is 5.34. The fourth-order valence-electron chi connectivity index (χ4n) is 1.80. The Labute approximate surface area is 98.5 Å². The first-order chi connectivity index (χ1) is 8.34. The van der Waals surface area contributed by atoms with Crippen molar-refractivity contribution < 1.29 is 4.42 Å². The Kier molecular flexibility index (Phi) is 2.26. The van der Waals surface area contributed by atoms with Gasteiger partial charge in [-0.05, 0) is 36.8 Å². The lowest BCUT2D eigenvalue weighted by Crippen LogP contribution is -1.92. The van der Waals surface area contributed by atoms with Gasteiger partial charge in [0.15, 0.2) is 0 Å². The van der Waals surface area contributed by atoms with Gasteiger partial charge in [0.2, 0.25) is 0 Å². The molecular formula is C13H11N3O. The number of rotatable bonds is 2. The van der Waals surface area contributed by atoms with E-state index in [1.54, 1.807) is 18.9 Å². The largest absolute Gasteiger partial charge is 0.464 e. The lowest BCUT2D eigenvalue weighted by Gasteiger charge is -2.06. The summed E-state index contributed by atoms with van der Waals surface area (Å²) >= 11 is 0. The quantitative estimate of drug-likeness (QED) is 0.673. The normalized spacial score (nSPS) is 10.6. The molecule has 3 aromatic rings. The summed E-state index contributed by atoms with van der Waals surface area (Å²) in [5.41, 5.74) is 3.28. The van der Waals surface area contributed by atoms with E-state index in [-0.39, 0.29) is 0 Å². The molecule has 0 aliphatic rings. The van der Waals surface area contributed by atoms with Crippen molar-refractivity contribution >= 4 is 0 Å². The molecule has 0 spiro atoms. The number of aromatic nitrogens is 3. The zero-order valence-electron chi connectivity index (χ0n) is 9.37. The van der Waals surface area contributed by atoms with Gasteiger partial charge in [0.1, 0.15) is 18.4 Å². The van der Waals surface area contributed by atoms with Crippen molar-refractivity contribution in [2.24, 2.45) is 0 Å². The molecule has 84 valence electrons. The van der Waals surface area contributed by atoms with E-state index >= 15 is 0 Å². The van der Waals surface area contributed by atoms with Crippen molar-refractivity contribution in [2.75, 3.05) is 0 Å². The third kappa shape index (κ3) is 1.73. The molecule has 0 amide bonds. The van der Waals surface area contributed by atoms with E-state index in [0.717, 1.165) is 17.0 Å². The lowest BCUT2D eigenvalue weighted by atomic mass is 10.1. The second-order valence-electron chi connectivity index (χ2n) is 3.85. The number of benzene rings is 1. The fourth-order valence-corrected chi connectivity index (χ4v) is 1.80. The van der Waals surface area contributed by atoms with Crippen LogP contribution in [0, 0.1) is 6.92 Å². The second kappa shape index (κ2) is 3.90. The third-order valence-corrected chi connectivity index (χ3v) is 2.72. The highest BCUT2D eigenvalue weighted by molar-refractivity contribution is 5.65. The molecule has 0 bridgehead atoms. The molecule has 0 radical (unpaired) electrons. The summed E-state index contributed by atoms with van der Waals surface area (Å²) in [6.45, 7) is 2.06. The highest BCUT2D eigenvalue weighted by Crippen LogP contribution is 2.26. The van der Waals surface area contributed by atoms with Crippen LogP contribution < -0.4 is 0 Å². The zero-order valence-corrected chi connectivity index (χ0v) is 9.37. The molecule has 0 aliphatic carbocycles. The molecule has 2 heterocycles. The first kappa shape index (κ1) is 9.84. The molecule has 0 N–H and O–H groups in total. The van der Waals surface area contributed by atoms with Gasteiger partial charge in [-0.15, -0.1) is 10.2 Å². The third-order valence-electron chi connectivity index (χ3n) is 2.72. The summed E-state index contributed by atoms with van der Waals surface area (Å²) in [5.74, 6) is 0.873. The van der Waals surface area contributed by atoms with Gasteiger partial charge in [0.25, 0.3) is 0 Å². The summed E-state index contributed by atoms with van der Waals surface area (Å²) in [6.07, 6.45) is 5.04. The Hall–Kier alpha value is -2.36. The molecule has 0 atom stereocenters. The Bertz CT molecular complexity index is 612. The van der Waals surface area contributed by atoms with Crippen LogP contribution in [-0.2, 0) is 0 Å². The minimum absolute atomic E-state index is 0.873. The summed E-state index contributed by atoms with van der Waals surface area (Å²) in [7, 11) is 0. The predicted octanol–water partition coefficient (Wildman–Crippen LogP) is 2.84. The van der Waals surface area contributed by atoms with Crippen molar-refractivity contribution in [3.8, 4) is 17.0 Å². The van der Waals surface area contributed by atoms with Crippen LogP contribution in [-0.4, -0.2) is 14.8 Å². The molecule has 2 aromatic heterocycles. The van der Waals surface area contributed by atoms with Gasteiger partial charge in [-0.2, -0.15) is 0 Å². The van der Waals surface area contributed by atoms with Gasteiger partial charge in [0, 0.05) is 11.3 Å². The summed E-state index contributed by atoms with van der Waals surface area (Å²) in [6, 6.07) is 10.0. The van der Waals surface area contributed by atoms with Crippen LogP contribution in [0.2, 0.25) is 0 Å². The Morgan fingerprint density at radius 1 is 1.12 bits per heavy atom. The molecule has 4 heteroatoms. The van der Waals surface area contributed by atoms with Gasteiger partial charge in [0.05, 0.1) is 6.26 Å². The van der Waals surface area contributed by atoms with Crippen molar-refractivity contribution in [1.29, 1.82) is 0 Å². The molecule has 0 aliphatic heterocycles. The Balaban J connectivity index is 2.13. The maximum atomic E-state index is 5.43. The smallest absolute Gasteiger partial charge is 0.134 e. The van der Waals surface area contributed by atoms with Crippen molar-refractivity contribution in [3.05, 3.63) is 54.8 Å². The van der Waals surface area contributed by atoms with Crippen LogP contribution in [0.3, 0.4) is 0 Å². The molecule has 0 saturated heterocycles. The number of aryl methyl sites for hydroxylation is 1. The maximum absolute atomic E-state index is 5.43. The Morgan fingerprint density at radius 3 is 2.65 bits per heavy atom. The lowest BCUT2D eigenvalue weighted by molar-refractivity contribution is 0.582. The monoisotopic (exact) mass is 225 g/mol. The highest BCUT2D eigenvalue weighted by atomic mass is 16.3. The average molecular weight is 225 g/mol. The molecule has 0 unspecified atom stereocenters. The van der Waals surface area contributed by atoms with Gasteiger partial charge in [-0.25, -0.2) is 0 Å². The summed E-state index contributed by atoms with van der Waals surface area (Å²) < 4.78 is 7.30. The minimum Gasteiger partial charge on any atom is -0.464 e. The van der Waals surface area contributed by atoms with E-state index in [0.29, 0.717) is 0 Å². The number of hydrogen-bond acceptors (Lipinski definition) is 3. The van der Waals surface area contributed by atoms with Gasteiger partial charge in [-0.1, -0.05) is 6.07 Å². The molecular weight excluding hydrogens is 214 g/mol. The molecule has 0 fully saturated rings. The second-order valence-corrected chi connectivity index (χ2v) is 3.85. The van der Waals surface area contributed by atoms with Gasteiger partial charge in [-0.3, -0.25) is 4.57 Å². The molecule has 3 rings (SSSR count). The van der Waals surface area contributed by atoms with Crippen LogP contribution in [0.4, 0.5) is 0 Å². The number of hydrogen-bond donors (Lipinski definition) is 0. The minimum atomic E-state index is 0.873. The van der Waals surface area contributed by atoms with E-state index in [1.165, 1.54) is 5.56 Å². The molecule has 1 aromatic carbocycles. The van der Waals surface area contributed by atoms with E-state index in [1.807, 2.05) is 22.8 Å². The molecule has 17 heavy (non-hydrogen) atoms. The number of furan rings is 1. The SMILES string of the molecule is Cc1ccc(-n2cnnc2)cc1-c1ccco1. The first-order valence-electron chi connectivity index (χ1n) is 5.34. The van der Waals surface area contributed by atoms with Crippen molar-refractivity contribution in [1.82, 2.24) is 14.8 Å². The van der Waals surface area contributed by atoms with E-state index < -0.39 is 0 Å². The van der Waals surface area contributed by atoms with Crippen LogP contribution in [0.1, 0.15) is 5.56 Å². The summed E-state index contributed by atoms with van der Waals surface area (Å²) in [5, 5.41) is 7.61. The molecule has 4 nitrogen and oxygen atoms in total. The van der Waals surface area contributed by atoms with Crippen LogP contribution in [0.25, 0.3) is 17.0 Å². The van der Waals surface area contributed by atoms with Crippen molar-refractivity contribution in [3.63, 3.8) is 0 Å². The topological polar surface area (TPSA) is 43.9 Å². The average Bonchev–Trinajstić information content (AvgIpc) is 3.03. The standard InChI is InChI=1S/C13H11N3O/c1-10-4-5-11(16-8-14-15-9-16)7-12(10)13-3-2-6-17-13/h2-9H,1H3. The fraction of sp³-hybridized carbons (Fsp3) is 0.0769. The van der Waals surface area contributed by atoms with Crippen LogP contribution in [0.5, 0.6) is 0 Å². The van der Waals surface area contributed by atoms with Gasteiger partial charge < -0.3 is 4.42 Å².